The van der Waals surface area contributed by atoms with Crippen molar-refractivity contribution in [1.29, 1.82) is 0 Å². The van der Waals surface area contributed by atoms with Gasteiger partial charge in [-0.1, -0.05) is 17.7 Å². The number of halogens is 1. The Labute approximate surface area is 171 Å². The first kappa shape index (κ1) is 20.6. The van der Waals surface area contributed by atoms with Gasteiger partial charge in [0, 0.05) is 43.6 Å². The monoisotopic (exact) mass is 405 g/mol. The number of aliphatic imine (C=N–C) groups is 1. The summed E-state index contributed by atoms with van der Waals surface area (Å²) in [4.78, 5) is 4.74. The molecule has 1 atom stereocenters. The van der Waals surface area contributed by atoms with Gasteiger partial charge in [-0.25, -0.2) is 0 Å². The lowest BCUT2D eigenvalue weighted by Gasteiger charge is -2.14. The third-order valence-electron chi connectivity index (χ3n) is 4.72. The molecule has 0 amide bonds. The van der Waals surface area contributed by atoms with Crippen LogP contribution in [0.25, 0.3) is 0 Å². The molecule has 7 heteroatoms. The molecule has 2 N–H and O–H groups in total. The maximum absolute atomic E-state index is 6.33. The molecule has 1 saturated heterocycles. The summed E-state index contributed by atoms with van der Waals surface area (Å²) < 4.78 is 16.0. The summed E-state index contributed by atoms with van der Waals surface area (Å²) in [6.45, 7) is 3.89. The lowest BCUT2D eigenvalue weighted by atomic mass is 10.1. The third kappa shape index (κ3) is 6.46. The number of furan rings is 1. The van der Waals surface area contributed by atoms with Gasteiger partial charge >= 0.3 is 0 Å². The number of hydrogen-bond acceptors (Lipinski definition) is 4. The first-order valence-corrected chi connectivity index (χ1v) is 10.1. The zero-order valence-electron chi connectivity index (χ0n) is 16.2. The average molecular weight is 406 g/mol. The lowest BCUT2D eigenvalue weighted by molar-refractivity contribution is 0.187. The van der Waals surface area contributed by atoms with Crippen LogP contribution in [-0.4, -0.2) is 45.9 Å². The van der Waals surface area contributed by atoms with E-state index in [-0.39, 0.29) is 0 Å². The summed E-state index contributed by atoms with van der Waals surface area (Å²) in [5.41, 5.74) is 1.08. The Morgan fingerprint density at radius 1 is 1.25 bits per heavy atom. The van der Waals surface area contributed by atoms with Crippen molar-refractivity contribution in [3.05, 3.63) is 52.9 Å². The Kier molecular flexibility index (Phi) is 8.06. The van der Waals surface area contributed by atoms with Crippen LogP contribution in [0.15, 0.2) is 46.0 Å². The first-order chi connectivity index (χ1) is 13.7. The van der Waals surface area contributed by atoms with Crippen LogP contribution >= 0.6 is 11.6 Å². The molecule has 0 spiro atoms. The van der Waals surface area contributed by atoms with E-state index in [1.54, 1.807) is 13.4 Å². The van der Waals surface area contributed by atoms with E-state index < -0.39 is 0 Å². The predicted molar refractivity (Wildman–Crippen MR) is 111 cm³/mol. The summed E-state index contributed by atoms with van der Waals surface area (Å²) in [6, 6.07) is 9.65. The SMILES string of the molecule is COc1ccc(CCNC(=NCC2CCOC2)NCCc2ccco2)c(Cl)c1. The standard InChI is InChI=1S/C21H28ClN3O3/c1-26-19-5-4-17(20(22)13-19)6-9-23-21(25-14-16-8-12-27-15-16)24-10-7-18-3-2-11-28-18/h2-5,11,13,16H,6-10,12,14-15H2,1H3,(H2,23,24,25). The largest absolute Gasteiger partial charge is 0.497 e. The molecule has 1 aliphatic heterocycles. The van der Waals surface area contributed by atoms with Gasteiger partial charge in [0.25, 0.3) is 0 Å². The van der Waals surface area contributed by atoms with E-state index in [1.807, 2.05) is 30.3 Å². The average Bonchev–Trinajstić information content (AvgIpc) is 3.41. The van der Waals surface area contributed by atoms with E-state index in [9.17, 15) is 0 Å². The molecule has 152 valence electrons. The minimum absolute atomic E-state index is 0.500. The number of methoxy groups -OCH3 is 1. The summed E-state index contributed by atoms with van der Waals surface area (Å²) in [6.07, 6.45) is 4.38. The molecule has 3 rings (SSSR count). The van der Waals surface area contributed by atoms with E-state index in [0.717, 1.165) is 75.1 Å². The van der Waals surface area contributed by atoms with Gasteiger partial charge in [0.1, 0.15) is 11.5 Å². The molecular formula is C21H28ClN3O3. The van der Waals surface area contributed by atoms with E-state index in [0.29, 0.717) is 10.9 Å². The quantitative estimate of drug-likeness (QED) is 0.495. The molecule has 2 aromatic rings. The number of benzene rings is 1. The van der Waals surface area contributed by atoms with E-state index in [1.165, 1.54) is 0 Å². The van der Waals surface area contributed by atoms with Crippen molar-refractivity contribution in [2.75, 3.05) is 40.0 Å². The highest BCUT2D eigenvalue weighted by Crippen LogP contribution is 2.22. The maximum Gasteiger partial charge on any atom is 0.191 e. The molecule has 0 bridgehead atoms. The van der Waals surface area contributed by atoms with Crippen molar-refractivity contribution in [1.82, 2.24) is 10.6 Å². The van der Waals surface area contributed by atoms with E-state index >= 15 is 0 Å². The van der Waals surface area contributed by atoms with Crippen molar-refractivity contribution < 1.29 is 13.9 Å². The molecule has 1 aromatic heterocycles. The minimum Gasteiger partial charge on any atom is -0.497 e. The van der Waals surface area contributed by atoms with Gasteiger partial charge in [0.15, 0.2) is 5.96 Å². The van der Waals surface area contributed by atoms with Gasteiger partial charge in [-0.15, -0.1) is 0 Å². The van der Waals surface area contributed by atoms with Crippen LogP contribution in [0.5, 0.6) is 5.75 Å². The Bertz CT molecular complexity index is 743. The molecule has 0 aliphatic carbocycles. The fourth-order valence-electron chi connectivity index (χ4n) is 3.05. The smallest absolute Gasteiger partial charge is 0.191 e. The minimum atomic E-state index is 0.500. The summed E-state index contributed by atoms with van der Waals surface area (Å²) in [5, 5.41) is 7.51. The van der Waals surface area contributed by atoms with Gasteiger partial charge in [-0.05, 0) is 42.7 Å². The number of ether oxygens (including phenoxy) is 2. The molecule has 0 saturated carbocycles. The zero-order chi connectivity index (χ0) is 19.6. The van der Waals surface area contributed by atoms with Crippen LogP contribution in [0.1, 0.15) is 17.7 Å². The summed E-state index contributed by atoms with van der Waals surface area (Å²) in [5.74, 6) is 3.03. The third-order valence-corrected chi connectivity index (χ3v) is 5.07. The lowest BCUT2D eigenvalue weighted by Crippen LogP contribution is -2.39. The first-order valence-electron chi connectivity index (χ1n) is 9.69. The van der Waals surface area contributed by atoms with Crippen molar-refractivity contribution in [2.45, 2.75) is 19.3 Å². The van der Waals surface area contributed by atoms with Gasteiger partial charge in [0.05, 0.1) is 20.0 Å². The Morgan fingerprint density at radius 2 is 2.11 bits per heavy atom. The van der Waals surface area contributed by atoms with Gasteiger partial charge in [0.2, 0.25) is 0 Å². The molecule has 2 heterocycles. The number of nitrogens with one attached hydrogen (secondary N) is 2. The van der Waals surface area contributed by atoms with Crippen LogP contribution in [0, 0.1) is 5.92 Å². The van der Waals surface area contributed by atoms with Crippen molar-refractivity contribution in [3.63, 3.8) is 0 Å². The number of nitrogens with zero attached hydrogens (tertiary/aromatic N) is 1. The summed E-state index contributed by atoms with van der Waals surface area (Å²) in [7, 11) is 1.64. The van der Waals surface area contributed by atoms with E-state index in [2.05, 4.69) is 10.6 Å². The van der Waals surface area contributed by atoms with Crippen molar-refractivity contribution in [3.8, 4) is 5.75 Å². The molecule has 1 aromatic carbocycles. The second-order valence-corrected chi connectivity index (χ2v) is 7.22. The Hall–Kier alpha value is -2.18. The highest BCUT2D eigenvalue weighted by molar-refractivity contribution is 6.31. The highest BCUT2D eigenvalue weighted by Gasteiger charge is 2.15. The zero-order valence-corrected chi connectivity index (χ0v) is 17.0. The fourth-order valence-corrected chi connectivity index (χ4v) is 3.32. The second kappa shape index (κ2) is 11.0. The number of hydrogen-bond donors (Lipinski definition) is 2. The van der Waals surface area contributed by atoms with Crippen LogP contribution < -0.4 is 15.4 Å². The highest BCUT2D eigenvalue weighted by atomic mass is 35.5. The van der Waals surface area contributed by atoms with Gasteiger partial charge < -0.3 is 24.5 Å². The maximum atomic E-state index is 6.33. The molecule has 0 radical (unpaired) electrons. The topological polar surface area (TPSA) is 68.0 Å². The number of guanidine groups is 1. The van der Waals surface area contributed by atoms with Crippen LogP contribution in [0.2, 0.25) is 5.02 Å². The summed E-state index contributed by atoms with van der Waals surface area (Å²) >= 11 is 6.33. The Balaban J connectivity index is 1.50. The molecule has 28 heavy (non-hydrogen) atoms. The van der Waals surface area contributed by atoms with E-state index in [4.69, 9.17) is 30.5 Å². The fraction of sp³-hybridized carbons (Fsp3) is 0.476. The predicted octanol–water partition coefficient (Wildman–Crippen LogP) is 3.30. The van der Waals surface area contributed by atoms with Gasteiger partial charge in [-0.2, -0.15) is 0 Å². The van der Waals surface area contributed by atoms with Gasteiger partial charge in [-0.3, -0.25) is 4.99 Å². The molecule has 6 nitrogen and oxygen atoms in total. The van der Waals surface area contributed by atoms with Crippen molar-refractivity contribution >= 4 is 17.6 Å². The molecule has 1 fully saturated rings. The molecular weight excluding hydrogens is 378 g/mol. The molecule has 1 aliphatic rings. The van der Waals surface area contributed by atoms with Crippen LogP contribution in [-0.2, 0) is 17.6 Å². The molecule has 1 unspecified atom stereocenters. The van der Waals surface area contributed by atoms with Crippen molar-refractivity contribution in [2.24, 2.45) is 10.9 Å². The second-order valence-electron chi connectivity index (χ2n) is 6.81. The van der Waals surface area contributed by atoms with Crippen LogP contribution in [0.3, 0.4) is 0 Å². The Morgan fingerprint density at radius 3 is 2.79 bits per heavy atom. The normalized spacial score (nSPS) is 16.9. The van der Waals surface area contributed by atoms with Crippen LogP contribution in [0.4, 0.5) is 0 Å². The number of rotatable bonds is 9.